The first-order valence-corrected chi connectivity index (χ1v) is 7.58. The fraction of sp³-hybridized carbons (Fsp3) is 0.647. The second-order valence-corrected chi connectivity index (χ2v) is 5.61. The van der Waals surface area contributed by atoms with Crippen molar-refractivity contribution in [2.45, 2.75) is 39.3 Å². The van der Waals surface area contributed by atoms with E-state index in [0.717, 1.165) is 26.1 Å². The van der Waals surface area contributed by atoms with Crippen LogP contribution >= 0.6 is 0 Å². The monoisotopic (exact) mass is 278 g/mol. The molecule has 0 aliphatic carbocycles. The Morgan fingerprint density at radius 1 is 1.30 bits per heavy atom. The van der Waals surface area contributed by atoms with E-state index in [-0.39, 0.29) is 0 Å². The van der Waals surface area contributed by atoms with Gasteiger partial charge >= 0.3 is 0 Å². The van der Waals surface area contributed by atoms with Gasteiger partial charge in [0.15, 0.2) is 0 Å². The number of nitrogens with zero attached hydrogens (tertiary/aromatic N) is 1. The molecular formula is C17H30N2O. The third kappa shape index (κ3) is 5.23. The van der Waals surface area contributed by atoms with Gasteiger partial charge < -0.3 is 10.1 Å². The number of likely N-dealkylation sites (N-methyl/N-ethyl adjacent to an activating group) is 1. The number of hydrogen-bond donors (Lipinski definition) is 1. The van der Waals surface area contributed by atoms with Crippen LogP contribution in [0, 0.1) is 6.92 Å². The van der Waals surface area contributed by atoms with E-state index in [9.17, 15) is 0 Å². The molecule has 0 aliphatic rings. The number of benzene rings is 1. The minimum atomic E-state index is 0.375. The number of nitrogens with one attached hydrogen (secondary N) is 1. The van der Waals surface area contributed by atoms with Gasteiger partial charge in [0, 0.05) is 25.7 Å². The van der Waals surface area contributed by atoms with Gasteiger partial charge in [0.2, 0.25) is 0 Å². The lowest BCUT2D eigenvalue weighted by atomic mass is 10.0. The Bertz CT molecular complexity index is 381. The Hall–Kier alpha value is -0.900. The zero-order valence-electron chi connectivity index (χ0n) is 13.6. The molecule has 0 bridgehead atoms. The average molecular weight is 278 g/mol. The highest BCUT2D eigenvalue weighted by Gasteiger charge is 2.18. The summed E-state index contributed by atoms with van der Waals surface area (Å²) in [5.41, 5.74) is 2.76. The van der Waals surface area contributed by atoms with Crippen molar-refractivity contribution < 1.29 is 4.74 Å². The van der Waals surface area contributed by atoms with Crippen LogP contribution in [0.1, 0.15) is 37.4 Å². The molecule has 0 aliphatic heterocycles. The Morgan fingerprint density at radius 2 is 2.00 bits per heavy atom. The summed E-state index contributed by atoms with van der Waals surface area (Å²) in [6, 6.07) is 9.45. The van der Waals surface area contributed by atoms with Gasteiger partial charge in [-0.05, 0) is 45.0 Å². The van der Waals surface area contributed by atoms with Gasteiger partial charge in [-0.15, -0.1) is 0 Å². The molecule has 0 saturated carbocycles. The molecule has 0 aromatic heterocycles. The molecule has 1 aromatic rings. The van der Waals surface area contributed by atoms with E-state index in [1.165, 1.54) is 11.1 Å². The van der Waals surface area contributed by atoms with Gasteiger partial charge in [-0.1, -0.05) is 31.2 Å². The molecule has 3 heteroatoms. The molecule has 0 radical (unpaired) electrons. The molecule has 0 heterocycles. The Balaban J connectivity index is 2.77. The van der Waals surface area contributed by atoms with Crippen LogP contribution in [0.15, 0.2) is 24.3 Å². The van der Waals surface area contributed by atoms with Crippen LogP contribution in [0.4, 0.5) is 0 Å². The molecular weight excluding hydrogens is 248 g/mol. The fourth-order valence-corrected chi connectivity index (χ4v) is 2.41. The van der Waals surface area contributed by atoms with Crippen molar-refractivity contribution in [2.75, 3.05) is 33.9 Å². The van der Waals surface area contributed by atoms with Gasteiger partial charge in [0.25, 0.3) is 0 Å². The van der Waals surface area contributed by atoms with Crippen molar-refractivity contribution >= 4 is 0 Å². The molecule has 3 nitrogen and oxygen atoms in total. The Labute approximate surface area is 124 Å². The van der Waals surface area contributed by atoms with Gasteiger partial charge in [-0.25, -0.2) is 0 Å². The predicted octanol–water partition coefficient (Wildman–Crippen LogP) is 3.00. The Kier molecular flexibility index (Phi) is 7.82. The van der Waals surface area contributed by atoms with Crippen molar-refractivity contribution in [3.05, 3.63) is 35.4 Å². The molecule has 1 aromatic carbocycles. The van der Waals surface area contributed by atoms with Gasteiger partial charge in [-0.2, -0.15) is 0 Å². The molecule has 0 spiro atoms. The lowest BCUT2D eigenvalue weighted by Gasteiger charge is -2.30. The highest BCUT2D eigenvalue weighted by Crippen LogP contribution is 2.19. The van der Waals surface area contributed by atoms with Crippen LogP contribution in [0.3, 0.4) is 0 Å². The molecule has 114 valence electrons. The van der Waals surface area contributed by atoms with Crippen LogP contribution in [-0.2, 0) is 4.74 Å². The molecule has 2 unspecified atom stereocenters. The predicted molar refractivity (Wildman–Crippen MR) is 86.2 cm³/mol. The normalized spacial score (nSPS) is 14.5. The number of ether oxygens (including phenoxy) is 1. The standard InChI is InChI=1S/C17H30N2O/c1-6-11-18-17(12-19(4)15(3)13-20-5)16-10-8-7-9-14(16)2/h7-10,15,17-18H,6,11-13H2,1-5H3. The minimum absolute atomic E-state index is 0.375. The first kappa shape index (κ1) is 17.2. The third-order valence-corrected chi connectivity index (χ3v) is 3.84. The van der Waals surface area contributed by atoms with Crippen LogP contribution in [0.5, 0.6) is 0 Å². The maximum Gasteiger partial charge on any atom is 0.0615 e. The zero-order chi connectivity index (χ0) is 15.0. The number of hydrogen-bond acceptors (Lipinski definition) is 3. The number of rotatable bonds is 9. The summed E-state index contributed by atoms with van der Waals surface area (Å²) < 4.78 is 5.25. The molecule has 1 N–H and O–H groups in total. The second-order valence-electron chi connectivity index (χ2n) is 5.61. The van der Waals surface area contributed by atoms with E-state index < -0.39 is 0 Å². The summed E-state index contributed by atoms with van der Waals surface area (Å²) in [5, 5.41) is 3.67. The van der Waals surface area contributed by atoms with Crippen LogP contribution in [-0.4, -0.2) is 44.8 Å². The highest BCUT2D eigenvalue weighted by molar-refractivity contribution is 5.29. The molecule has 2 atom stereocenters. The minimum Gasteiger partial charge on any atom is -0.383 e. The van der Waals surface area contributed by atoms with E-state index >= 15 is 0 Å². The summed E-state index contributed by atoms with van der Waals surface area (Å²) in [7, 11) is 3.93. The quantitative estimate of drug-likeness (QED) is 0.751. The highest BCUT2D eigenvalue weighted by atomic mass is 16.5. The lowest BCUT2D eigenvalue weighted by molar-refractivity contribution is 0.109. The number of aryl methyl sites for hydroxylation is 1. The van der Waals surface area contributed by atoms with Crippen molar-refractivity contribution in [1.82, 2.24) is 10.2 Å². The third-order valence-electron chi connectivity index (χ3n) is 3.84. The summed E-state index contributed by atoms with van der Waals surface area (Å²) in [6.45, 7) is 9.41. The van der Waals surface area contributed by atoms with Crippen molar-refractivity contribution in [3.8, 4) is 0 Å². The summed E-state index contributed by atoms with van der Waals surface area (Å²) in [4.78, 5) is 2.36. The van der Waals surface area contributed by atoms with E-state index in [4.69, 9.17) is 4.74 Å². The van der Waals surface area contributed by atoms with Gasteiger partial charge in [0.05, 0.1) is 6.61 Å². The molecule has 1 rings (SSSR count). The lowest BCUT2D eigenvalue weighted by Crippen LogP contribution is -2.40. The number of methoxy groups -OCH3 is 1. The van der Waals surface area contributed by atoms with Gasteiger partial charge in [0.1, 0.15) is 0 Å². The summed E-state index contributed by atoms with van der Waals surface area (Å²) in [5.74, 6) is 0. The molecule has 0 saturated heterocycles. The van der Waals surface area contributed by atoms with E-state index in [1.54, 1.807) is 7.11 Å². The van der Waals surface area contributed by atoms with Crippen molar-refractivity contribution in [1.29, 1.82) is 0 Å². The maximum absolute atomic E-state index is 5.25. The maximum atomic E-state index is 5.25. The summed E-state index contributed by atoms with van der Waals surface area (Å²) >= 11 is 0. The Morgan fingerprint density at radius 3 is 2.60 bits per heavy atom. The second kappa shape index (κ2) is 9.11. The first-order valence-electron chi connectivity index (χ1n) is 7.58. The van der Waals surface area contributed by atoms with Crippen LogP contribution < -0.4 is 5.32 Å². The van der Waals surface area contributed by atoms with E-state index in [0.29, 0.717) is 12.1 Å². The van der Waals surface area contributed by atoms with Crippen molar-refractivity contribution in [2.24, 2.45) is 0 Å². The van der Waals surface area contributed by atoms with Crippen LogP contribution in [0.2, 0.25) is 0 Å². The zero-order valence-corrected chi connectivity index (χ0v) is 13.6. The molecule has 0 amide bonds. The van der Waals surface area contributed by atoms with Gasteiger partial charge in [-0.3, -0.25) is 4.90 Å². The SMILES string of the molecule is CCCNC(CN(C)C(C)COC)c1ccccc1C. The molecule has 20 heavy (non-hydrogen) atoms. The first-order chi connectivity index (χ1) is 9.60. The smallest absolute Gasteiger partial charge is 0.0615 e. The topological polar surface area (TPSA) is 24.5 Å². The van der Waals surface area contributed by atoms with Crippen LogP contribution in [0.25, 0.3) is 0 Å². The molecule has 0 fully saturated rings. The largest absolute Gasteiger partial charge is 0.383 e. The van der Waals surface area contributed by atoms with E-state index in [1.807, 2.05) is 0 Å². The summed E-state index contributed by atoms with van der Waals surface area (Å²) in [6.07, 6.45) is 1.15. The van der Waals surface area contributed by atoms with Crippen molar-refractivity contribution in [3.63, 3.8) is 0 Å². The van der Waals surface area contributed by atoms with E-state index in [2.05, 4.69) is 62.3 Å². The fourth-order valence-electron chi connectivity index (χ4n) is 2.41. The average Bonchev–Trinajstić information content (AvgIpc) is 2.44.